The number of phenolic OH excluding ortho intramolecular Hbond substituents is 1. The Balaban J connectivity index is 2.42. The number of ether oxygens (including phenoxy) is 2. The van der Waals surface area contributed by atoms with Crippen molar-refractivity contribution in [2.75, 3.05) is 7.11 Å². The third-order valence-electron chi connectivity index (χ3n) is 3.81. The van der Waals surface area contributed by atoms with E-state index >= 15 is 0 Å². The van der Waals surface area contributed by atoms with E-state index in [0.717, 1.165) is 11.4 Å². The van der Waals surface area contributed by atoms with Crippen LogP contribution in [0.2, 0.25) is 0 Å². The molecule has 0 bridgehead atoms. The first-order chi connectivity index (χ1) is 11.2. The van der Waals surface area contributed by atoms with Crippen LogP contribution in [0.1, 0.15) is 34.0 Å². The second-order valence-electron chi connectivity index (χ2n) is 5.47. The number of hydrogen-bond acceptors (Lipinski definition) is 5. The average molecular weight is 354 g/mol. The molecule has 0 radical (unpaired) electrons. The summed E-state index contributed by atoms with van der Waals surface area (Å²) >= 11 is 0. The van der Waals surface area contributed by atoms with Gasteiger partial charge in [-0.1, -0.05) is 17.7 Å². The number of carbonyl (C=O) groups is 1. The fourth-order valence-corrected chi connectivity index (χ4v) is 3.00. The third kappa shape index (κ3) is 3.70. The summed E-state index contributed by atoms with van der Waals surface area (Å²) < 4.78 is 21.2. The van der Waals surface area contributed by atoms with E-state index < -0.39 is 13.6 Å². The van der Waals surface area contributed by atoms with Crippen LogP contribution >= 0.6 is 7.60 Å². The molecule has 24 heavy (non-hydrogen) atoms. The highest BCUT2D eigenvalue weighted by Crippen LogP contribution is 2.42. The molecular formula is C16H19O7P. The van der Waals surface area contributed by atoms with Crippen molar-refractivity contribution >= 4 is 13.6 Å². The number of methoxy groups -OCH3 is 1. The van der Waals surface area contributed by atoms with Crippen molar-refractivity contribution in [3.05, 3.63) is 45.8 Å². The van der Waals surface area contributed by atoms with Crippen LogP contribution in [0.15, 0.2) is 23.5 Å². The first kappa shape index (κ1) is 18.3. The zero-order valence-electron chi connectivity index (χ0n) is 13.6. The highest BCUT2D eigenvalue weighted by atomic mass is 31.2. The zero-order valence-corrected chi connectivity index (χ0v) is 14.5. The lowest BCUT2D eigenvalue weighted by Gasteiger charge is -2.15. The van der Waals surface area contributed by atoms with Gasteiger partial charge in [-0.2, -0.15) is 0 Å². The average Bonchev–Trinajstić information content (AvgIpc) is 2.89. The molecule has 1 aliphatic heterocycles. The van der Waals surface area contributed by atoms with Gasteiger partial charge in [0.2, 0.25) is 0 Å². The van der Waals surface area contributed by atoms with Gasteiger partial charge in [-0.15, -0.1) is 0 Å². The van der Waals surface area contributed by atoms with E-state index in [0.29, 0.717) is 22.4 Å². The Labute approximate surface area is 139 Å². The lowest BCUT2D eigenvalue weighted by atomic mass is 9.95. The van der Waals surface area contributed by atoms with Gasteiger partial charge in [0, 0.05) is 16.9 Å². The molecule has 0 saturated carbocycles. The van der Waals surface area contributed by atoms with Crippen molar-refractivity contribution in [1.29, 1.82) is 0 Å². The second-order valence-corrected chi connectivity index (χ2v) is 6.95. The van der Waals surface area contributed by atoms with Gasteiger partial charge in [-0.25, -0.2) is 4.79 Å². The smallest absolute Gasteiger partial charge is 0.349 e. The van der Waals surface area contributed by atoms with Gasteiger partial charge in [0.05, 0.1) is 7.11 Å². The molecule has 0 aromatic heterocycles. The lowest BCUT2D eigenvalue weighted by molar-refractivity contribution is 0.0533. The summed E-state index contributed by atoms with van der Waals surface area (Å²) in [6.45, 7) is 3.56. The quantitative estimate of drug-likeness (QED) is 0.423. The molecule has 0 atom stereocenters. The van der Waals surface area contributed by atoms with Crippen molar-refractivity contribution < 1.29 is 33.7 Å². The minimum absolute atomic E-state index is 0.101. The van der Waals surface area contributed by atoms with Crippen LogP contribution in [0.25, 0.3) is 0 Å². The van der Waals surface area contributed by atoms with Crippen LogP contribution in [0.4, 0.5) is 0 Å². The van der Waals surface area contributed by atoms with Crippen LogP contribution in [0, 0.1) is 6.92 Å². The molecule has 1 aromatic carbocycles. The molecule has 8 heteroatoms. The maximum Gasteiger partial charge on any atom is 0.349 e. The number of hydrogen-bond donors (Lipinski definition) is 3. The molecule has 0 amide bonds. The number of rotatable bonds is 5. The molecule has 1 aromatic rings. The van der Waals surface area contributed by atoms with Crippen molar-refractivity contribution in [2.24, 2.45) is 0 Å². The Morgan fingerprint density at radius 1 is 1.42 bits per heavy atom. The fraction of sp³-hybridized carbons (Fsp3) is 0.312. The summed E-state index contributed by atoms with van der Waals surface area (Å²) in [5, 5.41) is 10.4. The molecule has 3 N–H and O–H groups in total. The number of benzene rings is 1. The first-order valence-electron chi connectivity index (χ1n) is 7.15. The fourth-order valence-electron chi connectivity index (χ4n) is 2.57. The molecule has 0 unspecified atom stereocenters. The summed E-state index contributed by atoms with van der Waals surface area (Å²) in [7, 11) is -2.75. The molecule has 0 saturated heterocycles. The molecule has 2 rings (SSSR count). The molecule has 1 heterocycles. The van der Waals surface area contributed by atoms with Crippen LogP contribution < -0.4 is 4.74 Å². The van der Waals surface area contributed by atoms with Gasteiger partial charge in [0.1, 0.15) is 23.7 Å². The Bertz CT molecular complexity index is 786. The Kier molecular flexibility index (Phi) is 5.18. The maximum absolute atomic E-state index is 11.8. The van der Waals surface area contributed by atoms with Crippen LogP contribution in [-0.2, 0) is 22.3 Å². The minimum Gasteiger partial charge on any atom is -0.507 e. The number of esters is 1. The SMILES string of the molecule is COc1c(C)c2c(c(O)c1C/C=C(C)/C=C/P(=O)(O)O)C(=O)OC2. The molecule has 7 nitrogen and oxygen atoms in total. The summed E-state index contributed by atoms with van der Waals surface area (Å²) in [5.41, 5.74) is 2.51. The number of allylic oxidation sites excluding steroid dienone is 3. The highest BCUT2D eigenvalue weighted by molar-refractivity contribution is 7.55. The van der Waals surface area contributed by atoms with Crippen molar-refractivity contribution in [3.8, 4) is 11.5 Å². The van der Waals surface area contributed by atoms with E-state index in [2.05, 4.69) is 0 Å². The number of fused-ring (bicyclic) bond motifs is 1. The van der Waals surface area contributed by atoms with E-state index in [1.807, 2.05) is 0 Å². The summed E-state index contributed by atoms with van der Waals surface area (Å²) in [6, 6.07) is 0. The number of carbonyl (C=O) groups excluding carboxylic acids is 1. The summed E-state index contributed by atoms with van der Waals surface area (Å²) in [6.07, 6.45) is 3.21. The van der Waals surface area contributed by atoms with E-state index in [4.69, 9.17) is 19.3 Å². The molecule has 130 valence electrons. The Morgan fingerprint density at radius 3 is 2.67 bits per heavy atom. The van der Waals surface area contributed by atoms with E-state index in [1.54, 1.807) is 19.9 Å². The first-order valence-corrected chi connectivity index (χ1v) is 8.83. The summed E-state index contributed by atoms with van der Waals surface area (Å²) in [5.74, 6) is 0.517. The number of aromatic hydroxyl groups is 1. The van der Waals surface area contributed by atoms with Crippen molar-refractivity contribution in [2.45, 2.75) is 26.9 Å². The standard InChI is InChI=1S/C16H19O7P/c1-9(6-7-24(19,20)21)4-5-11-14(17)13-12(8-23-16(13)18)10(2)15(11)22-3/h4,6-7,17H,5,8H2,1-3H3,(H2,19,20,21)/b7-6+,9-4+. The van der Waals surface area contributed by atoms with Crippen molar-refractivity contribution in [3.63, 3.8) is 0 Å². The van der Waals surface area contributed by atoms with Crippen molar-refractivity contribution in [1.82, 2.24) is 0 Å². The highest BCUT2D eigenvalue weighted by Gasteiger charge is 2.31. The minimum atomic E-state index is -4.22. The molecule has 0 aliphatic carbocycles. The number of cyclic esters (lactones) is 1. The third-order valence-corrected chi connectivity index (χ3v) is 4.34. The van der Waals surface area contributed by atoms with Gasteiger partial charge in [0.25, 0.3) is 0 Å². The second kappa shape index (κ2) is 6.81. The topological polar surface area (TPSA) is 113 Å². The normalized spacial score (nSPS) is 14.9. The zero-order chi connectivity index (χ0) is 18.1. The summed E-state index contributed by atoms with van der Waals surface area (Å²) in [4.78, 5) is 29.5. The molecular weight excluding hydrogens is 335 g/mol. The predicted octanol–water partition coefficient (Wildman–Crippen LogP) is 2.56. The molecule has 0 fully saturated rings. The number of phenols is 1. The molecule has 0 spiro atoms. The maximum atomic E-state index is 11.8. The van der Waals surface area contributed by atoms with Crippen LogP contribution in [0.5, 0.6) is 11.5 Å². The molecule has 1 aliphatic rings. The largest absolute Gasteiger partial charge is 0.507 e. The van der Waals surface area contributed by atoms with Gasteiger partial charge >= 0.3 is 13.6 Å². The Morgan fingerprint density at radius 2 is 2.08 bits per heavy atom. The van der Waals surface area contributed by atoms with E-state index in [1.165, 1.54) is 13.2 Å². The monoisotopic (exact) mass is 354 g/mol. The van der Waals surface area contributed by atoms with Gasteiger partial charge in [0.15, 0.2) is 0 Å². The van der Waals surface area contributed by atoms with Crippen LogP contribution in [0.3, 0.4) is 0 Å². The lowest BCUT2D eigenvalue weighted by Crippen LogP contribution is -2.03. The van der Waals surface area contributed by atoms with Gasteiger partial charge in [-0.3, -0.25) is 4.57 Å². The van der Waals surface area contributed by atoms with Gasteiger partial charge < -0.3 is 24.4 Å². The van der Waals surface area contributed by atoms with Gasteiger partial charge in [-0.05, 0) is 25.8 Å². The van der Waals surface area contributed by atoms with E-state index in [9.17, 15) is 14.5 Å². The predicted molar refractivity (Wildman–Crippen MR) is 87.2 cm³/mol. The van der Waals surface area contributed by atoms with Crippen LogP contribution in [-0.4, -0.2) is 28.0 Å². The Hall–Kier alpha value is -2.08. The van der Waals surface area contributed by atoms with E-state index in [-0.39, 0.29) is 24.3 Å².